The standard InChI is InChI=1S/BH2.Cu.K.H2P.H/h1H2;;;1H2;/q+1;;;-1;. The van der Waals surface area contributed by atoms with Crippen LogP contribution in [0.25, 0.3) is 0 Å². The van der Waals surface area contributed by atoms with Crippen LogP contribution in [0.3, 0.4) is 0 Å². The van der Waals surface area contributed by atoms with Crippen molar-refractivity contribution < 1.29 is 14.3 Å². The molecule has 25 valence electrons. The summed E-state index contributed by atoms with van der Waals surface area (Å²) in [5.41, 5.74) is 0. The molecule has 0 radical (unpaired) electrons. The first-order valence-corrected chi connectivity index (χ1v) is 3.40. The molecule has 0 rings (SSSR count). The van der Waals surface area contributed by atoms with Crippen LogP contribution in [-0.4, -0.2) is 58.0 Å². The second-order valence-electron chi connectivity index (χ2n) is 0.174. The summed E-state index contributed by atoms with van der Waals surface area (Å²) in [6.45, 7) is 1.99. The third-order valence-corrected chi connectivity index (χ3v) is 0. The van der Waals surface area contributed by atoms with E-state index in [1.54, 1.807) is 14.3 Å². The molecule has 0 aromatic rings. The molecule has 0 aliphatic heterocycles. The SMILES string of the molecule is [BH2][Cu][PH2].[KH]. The van der Waals surface area contributed by atoms with Crippen LogP contribution in [0.1, 0.15) is 0 Å². The minimum atomic E-state index is 0. The third-order valence-electron chi connectivity index (χ3n) is 0. The van der Waals surface area contributed by atoms with Crippen LogP contribution in [0, 0.1) is 0 Å². The molecule has 4 heteroatoms. The first-order valence-electron chi connectivity index (χ1n) is 0.476. The maximum absolute atomic E-state index is 2.48. The Hall–Kier alpha value is 2.65. The van der Waals surface area contributed by atoms with E-state index in [4.69, 9.17) is 0 Å². The van der Waals surface area contributed by atoms with Crippen molar-refractivity contribution in [1.82, 2.24) is 0 Å². The normalized spacial score (nSPS) is 5.25. The predicted molar refractivity (Wildman–Crippen MR) is 25.4 cm³/mol. The van der Waals surface area contributed by atoms with Gasteiger partial charge in [0.2, 0.25) is 0 Å². The molecule has 0 aromatic carbocycles. The summed E-state index contributed by atoms with van der Waals surface area (Å²) in [5.74, 6) is 0. The molecule has 0 aliphatic carbocycles. The van der Waals surface area contributed by atoms with Crippen molar-refractivity contribution in [3.63, 3.8) is 0 Å². The van der Waals surface area contributed by atoms with E-state index >= 15 is 0 Å². The molecule has 1 atom stereocenters. The molecule has 0 nitrogen and oxygen atoms in total. The van der Waals surface area contributed by atoms with Crippen molar-refractivity contribution in [3.8, 4) is 0 Å². The van der Waals surface area contributed by atoms with Crippen molar-refractivity contribution >= 4 is 66.0 Å². The average molecular weight is 149 g/mol. The molecule has 0 spiro atoms. The van der Waals surface area contributed by atoms with Gasteiger partial charge < -0.3 is 0 Å². The Morgan fingerprint density at radius 3 is 1.75 bits per heavy atom. The Kier molecular flexibility index (Phi) is 22.5. The molecule has 0 saturated heterocycles. The van der Waals surface area contributed by atoms with E-state index in [2.05, 4.69) is 7.93 Å². The van der Waals surface area contributed by atoms with Gasteiger partial charge in [0.15, 0.2) is 0 Å². The Balaban J connectivity index is 0. The van der Waals surface area contributed by atoms with E-state index < -0.39 is 0 Å². The van der Waals surface area contributed by atoms with Gasteiger partial charge >= 0.3 is 80.3 Å². The van der Waals surface area contributed by atoms with E-state index in [-0.39, 0.29) is 51.4 Å². The molecule has 0 aliphatic rings. The van der Waals surface area contributed by atoms with Crippen LogP contribution in [0.2, 0.25) is 0 Å². The quantitative estimate of drug-likeness (QED) is 0.299. The summed E-state index contributed by atoms with van der Waals surface area (Å²) in [6.07, 6.45) is 0. The zero-order valence-corrected chi connectivity index (χ0v) is 3.98. The zero-order chi connectivity index (χ0) is 2.71. The molecule has 0 heterocycles. The molecule has 0 amide bonds. The first kappa shape index (κ1) is 9.82. The summed E-state index contributed by atoms with van der Waals surface area (Å²) >= 11 is 1.73. The summed E-state index contributed by atoms with van der Waals surface area (Å²) in [5, 5.41) is 0. The summed E-state index contributed by atoms with van der Waals surface area (Å²) < 4.78 is 0. The van der Waals surface area contributed by atoms with Crippen LogP contribution in [0.4, 0.5) is 0 Å². The van der Waals surface area contributed by atoms with E-state index in [1.807, 2.05) is 6.66 Å². The Bertz CT molecular complexity index is 8.00. The van der Waals surface area contributed by atoms with Gasteiger partial charge in [-0.1, -0.05) is 0 Å². The van der Waals surface area contributed by atoms with E-state index in [0.717, 1.165) is 0 Å². The topological polar surface area (TPSA) is 0 Å². The van der Waals surface area contributed by atoms with Crippen LogP contribution in [-0.2, 0) is 14.3 Å². The second-order valence-corrected chi connectivity index (χ2v) is 2.15. The molecule has 4 heavy (non-hydrogen) atoms. The van der Waals surface area contributed by atoms with Gasteiger partial charge in [0, 0.05) is 0 Å². The van der Waals surface area contributed by atoms with E-state index in [1.165, 1.54) is 0 Å². The van der Waals surface area contributed by atoms with Crippen LogP contribution < -0.4 is 0 Å². The Labute approximate surface area is 78.5 Å². The maximum atomic E-state index is 2.48. The van der Waals surface area contributed by atoms with E-state index in [9.17, 15) is 0 Å². The number of hydrogen-bond donors (Lipinski definition) is 0. The zero-order valence-electron chi connectivity index (χ0n) is 1.88. The number of hydrogen-bond acceptors (Lipinski definition) is 0. The average Bonchev–Trinajstić information content (AvgIpc) is 0.918. The van der Waals surface area contributed by atoms with Gasteiger partial charge in [0.25, 0.3) is 0 Å². The Morgan fingerprint density at radius 2 is 1.75 bits per heavy atom. The van der Waals surface area contributed by atoms with Crippen molar-refractivity contribution in [2.75, 3.05) is 0 Å². The Morgan fingerprint density at radius 1 is 1.75 bits per heavy atom. The third kappa shape index (κ3) is 8.82. The van der Waals surface area contributed by atoms with Gasteiger partial charge in [0.05, 0.1) is 0 Å². The number of rotatable bonds is 0. The fourth-order valence-electron chi connectivity index (χ4n) is 0. The predicted octanol–water partition coefficient (Wildman–Crippen LogP) is -1.24. The summed E-state index contributed by atoms with van der Waals surface area (Å²) in [4.78, 5) is 0. The van der Waals surface area contributed by atoms with Crippen molar-refractivity contribution in [1.29, 1.82) is 0 Å². The van der Waals surface area contributed by atoms with Gasteiger partial charge in [-0.2, -0.15) is 0 Å². The molecule has 0 saturated carbocycles. The van der Waals surface area contributed by atoms with Crippen LogP contribution in [0.15, 0.2) is 0 Å². The van der Waals surface area contributed by atoms with Crippen molar-refractivity contribution in [2.24, 2.45) is 0 Å². The van der Waals surface area contributed by atoms with Crippen molar-refractivity contribution in [2.45, 2.75) is 0 Å². The van der Waals surface area contributed by atoms with E-state index in [0.29, 0.717) is 0 Å². The molecular formula is H5BCuKP. The molecule has 0 N–H and O–H groups in total. The molecular weight excluding hydrogens is 144 g/mol. The fraction of sp³-hybridized carbons (Fsp3) is 0. The van der Waals surface area contributed by atoms with Gasteiger partial charge in [-0.3, -0.25) is 0 Å². The molecule has 1 unspecified atom stereocenters. The van der Waals surface area contributed by atoms with Crippen LogP contribution >= 0.6 is 7.93 Å². The summed E-state index contributed by atoms with van der Waals surface area (Å²) in [6, 6.07) is 0. The fourth-order valence-corrected chi connectivity index (χ4v) is 0. The molecule has 0 aromatic heterocycles. The van der Waals surface area contributed by atoms with Gasteiger partial charge in [-0.05, 0) is 0 Å². The van der Waals surface area contributed by atoms with Crippen LogP contribution in [0.5, 0.6) is 0 Å². The molecule has 0 fully saturated rings. The van der Waals surface area contributed by atoms with Gasteiger partial charge in [-0.25, -0.2) is 0 Å². The van der Waals surface area contributed by atoms with Crippen molar-refractivity contribution in [3.05, 3.63) is 0 Å². The first-order chi connectivity index (χ1) is 1.41. The monoisotopic (exact) mass is 149 g/mol. The summed E-state index contributed by atoms with van der Waals surface area (Å²) in [7, 11) is 2.48. The van der Waals surface area contributed by atoms with Gasteiger partial charge in [0.1, 0.15) is 0 Å². The van der Waals surface area contributed by atoms with Gasteiger partial charge in [-0.15, -0.1) is 0 Å². The second kappa shape index (κ2) is 9.17. The molecule has 0 bridgehead atoms. The minimum absolute atomic E-state index is 0.